The largest absolute Gasteiger partial charge is 0.389 e. The van der Waals surface area contributed by atoms with Gasteiger partial charge >= 0.3 is 0 Å². The molecule has 1 heterocycles. The Morgan fingerprint density at radius 1 is 1.69 bits per heavy atom. The highest BCUT2D eigenvalue weighted by Gasteiger charge is 2.14. The first-order valence-electron chi connectivity index (χ1n) is 4.10. The maximum absolute atomic E-state index is 11.3. The zero-order chi connectivity index (χ0) is 12.3. The minimum absolute atomic E-state index is 0.0587. The van der Waals surface area contributed by atoms with E-state index in [9.17, 15) is 13.2 Å². The van der Waals surface area contributed by atoms with E-state index < -0.39 is 21.5 Å². The lowest BCUT2D eigenvalue weighted by atomic mass is 10.3. The molecule has 16 heavy (non-hydrogen) atoms. The molecule has 1 rings (SSSR count). The predicted octanol–water partition coefficient (Wildman–Crippen LogP) is -0.973. The fourth-order valence-corrected chi connectivity index (χ4v) is 1.69. The molecule has 4 N–H and O–H groups in total. The third-order valence-corrected chi connectivity index (χ3v) is 2.57. The van der Waals surface area contributed by atoms with Crippen LogP contribution in [0.5, 0.6) is 0 Å². The fraction of sp³-hybridized carbons (Fsp3) is 0.286. The van der Waals surface area contributed by atoms with Crippen molar-refractivity contribution >= 4 is 38.8 Å². The van der Waals surface area contributed by atoms with Gasteiger partial charge in [0.05, 0.1) is 11.8 Å². The van der Waals surface area contributed by atoms with Crippen LogP contribution in [0.4, 0.5) is 5.82 Å². The first-order valence-corrected chi connectivity index (χ1v) is 6.57. The number of anilines is 1. The minimum Gasteiger partial charge on any atom is -0.389 e. The Labute approximate surface area is 97.3 Å². The van der Waals surface area contributed by atoms with Gasteiger partial charge in [0.2, 0.25) is 5.91 Å². The van der Waals surface area contributed by atoms with E-state index in [-0.39, 0.29) is 10.8 Å². The molecule has 1 amide bonds. The average Bonchev–Trinajstić information content (AvgIpc) is 2.47. The Morgan fingerprint density at radius 2 is 2.31 bits per heavy atom. The summed E-state index contributed by atoms with van der Waals surface area (Å²) in [5.74, 6) is -1.09. The molecule has 0 aliphatic heterocycles. The van der Waals surface area contributed by atoms with Crippen LogP contribution in [-0.2, 0) is 14.6 Å². The normalized spacial score (nSPS) is 11.1. The number of hydrogen-bond donors (Lipinski definition) is 3. The molecule has 9 heteroatoms. The summed E-state index contributed by atoms with van der Waals surface area (Å²) in [6.45, 7) is 0. The van der Waals surface area contributed by atoms with Crippen molar-refractivity contribution in [3.8, 4) is 0 Å². The van der Waals surface area contributed by atoms with E-state index in [1.54, 1.807) is 0 Å². The number of sulfone groups is 1. The van der Waals surface area contributed by atoms with Crippen LogP contribution in [-0.4, -0.2) is 41.5 Å². The molecule has 0 aliphatic rings. The highest BCUT2D eigenvalue weighted by atomic mass is 32.2. The summed E-state index contributed by atoms with van der Waals surface area (Å²) in [4.78, 5) is 11.3. The number of H-pyrrole nitrogens is 1. The van der Waals surface area contributed by atoms with Gasteiger partial charge in [0.25, 0.3) is 0 Å². The maximum Gasteiger partial charge on any atom is 0.240 e. The third kappa shape index (κ3) is 3.59. The molecule has 0 saturated heterocycles. The second-order valence-electron chi connectivity index (χ2n) is 3.14. The first kappa shape index (κ1) is 12.6. The molecule has 0 aliphatic carbocycles. The summed E-state index contributed by atoms with van der Waals surface area (Å²) in [5, 5.41) is 8.42. The number of carbonyl (C=O) groups excluding carboxylic acids is 1. The Kier molecular flexibility index (Phi) is 3.60. The van der Waals surface area contributed by atoms with Gasteiger partial charge in [0.15, 0.2) is 9.84 Å². The van der Waals surface area contributed by atoms with E-state index >= 15 is 0 Å². The van der Waals surface area contributed by atoms with Gasteiger partial charge in [-0.3, -0.25) is 9.89 Å². The van der Waals surface area contributed by atoms with Crippen molar-refractivity contribution in [2.75, 3.05) is 17.3 Å². The van der Waals surface area contributed by atoms with Crippen LogP contribution in [0.15, 0.2) is 6.20 Å². The van der Waals surface area contributed by atoms with Gasteiger partial charge in [-0.2, -0.15) is 5.10 Å². The summed E-state index contributed by atoms with van der Waals surface area (Å²) in [6, 6.07) is 0. The van der Waals surface area contributed by atoms with E-state index in [0.717, 1.165) is 6.26 Å². The molecule has 88 valence electrons. The van der Waals surface area contributed by atoms with Gasteiger partial charge in [0, 0.05) is 6.26 Å². The molecule has 0 fully saturated rings. The monoisotopic (exact) mass is 262 g/mol. The summed E-state index contributed by atoms with van der Waals surface area (Å²) in [5.41, 5.74) is 5.72. The average molecular weight is 262 g/mol. The van der Waals surface area contributed by atoms with Gasteiger partial charge in [-0.25, -0.2) is 8.42 Å². The number of carbonyl (C=O) groups is 1. The lowest BCUT2D eigenvalue weighted by Gasteiger charge is -2.03. The van der Waals surface area contributed by atoms with Crippen molar-refractivity contribution in [2.24, 2.45) is 5.73 Å². The number of nitrogens with zero attached hydrogens (tertiary/aromatic N) is 1. The summed E-state index contributed by atoms with van der Waals surface area (Å²) in [6.07, 6.45) is 2.31. The minimum atomic E-state index is -3.37. The molecular formula is C7H10N4O3S2. The molecule has 0 spiro atoms. The van der Waals surface area contributed by atoms with Gasteiger partial charge < -0.3 is 11.1 Å². The number of thiocarbonyl (C=S) groups is 1. The number of rotatable bonds is 4. The molecular weight excluding hydrogens is 252 g/mol. The zero-order valence-corrected chi connectivity index (χ0v) is 9.98. The zero-order valence-electron chi connectivity index (χ0n) is 8.35. The van der Waals surface area contributed by atoms with Crippen LogP contribution in [0.2, 0.25) is 0 Å². The van der Waals surface area contributed by atoms with E-state index in [2.05, 4.69) is 15.5 Å². The Balaban J connectivity index is 2.78. The summed E-state index contributed by atoms with van der Waals surface area (Å²) in [7, 11) is -3.37. The topological polar surface area (TPSA) is 118 Å². The maximum atomic E-state index is 11.3. The number of hydrogen-bond acceptors (Lipinski definition) is 5. The molecule has 0 unspecified atom stereocenters. The second kappa shape index (κ2) is 4.58. The summed E-state index contributed by atoms with van der Waals surface area (Å²) < 4.78 is 21.7. The Bertz CT molecular complexity index is 519. The quantitative estimate of drug-likeness (QED) is 0.601. The van der Waals surface area contributed by atoms with Crippen LogP contribution >= 0.6 is 12.2 Å². The van der Waals surface area contributed by atoms with Gasteiger partial charge in [0.1, 0.15) is 16.6 Å². The van der Waals surface area contributed by atoms with E-state index in [1.807, 2.05) is 0 Å². The van der Waals surface area contributed by atoms with E-state index in [1.165, 1.54) is 6.20 Å². The van der Waals surface area contributed by atoms with Crippen molar-refractivity contribution in [3.05, 3.63) is 11.8 Å². The number of nitrogens with one attached hydrogen (secondary N) is 2. The lowest BCUT2D eigenvalue weighted by molar-refractivity contribution is -0.113. The number of aromatic amines is 1. The predicted molar refractivity (Wildman–Crippen MR) is 62.8 cm³/mol. The molecule has 0 bridgehead atoms. The van der Waals surface area contributed by atoms with Crippen LogP contribution in [0.25, 0.3) is 0 Å². The fourth-order valence-electron chi connectivity index (χ4n) is 0.982. The van der Waals surface area contributed by atoms with Crippen molar-refractivity contribution in [1.82, 2.24) is 10.2 Å². The molecule has 0 aromatic carbocycles. The van der Waals surface area contributed by atoms with Crippen molar-refractivity contribution in [2.45, 2.75) is 0 Å². The standard InChI is InChI=1S/C7H10N4O3S2/c1-16(13,14)3-5(12)10-7-4(6(8)15)2-9-11-7/h2H,3H2,1H3,(H2,8,15)(H2,9,10,11,12). The van der Waals surface area contributed by atoms with Crippen LogP contribution in [0.3, 0.4) is 0 Å². The smallest absolute Gasteiger partial charge is 0.240 e. The van der Waals surface area contributed by atoms with Crippen molar-refractivity contribution < 1.29 is 13.2 Å². The van der Waals surface area contributed by atoms with Crippen molar-refractivity contribution in [1.29, 1.82) is 0 Å². The third-order valence-electron chi connectivity index (χ3n) is 1.56. The molecule has 7 nitrogen and oxygen atoms in total. The summed E-state index contributed by atoms with van der Waals surface area (Å²) >= 11 is 4.71. The number of nitrogens with two attached hydrogens (primary N) is 1. The lowest BCUT2D eigenvalue weighted by Crippen LogP contribution is -2.23. The second-order valence-corrected chi connectivity index (χ2v) is 5.72. The van der Waals surface area contributed by atoms with Crippen molar-refractivity contribution in [3.63, 3.8) is 0 Å². The van der Waals surface area contributed by atoms with E-state index in [4.69, 9.17) is 18.0 Å². The highest BCUT2D eigenvalue weighted by Crippen LogP contribution is 2.10. The molecule has 1 aromatic heterocycles. The van der Waals surface area contributed by atoms with E-state index in [0.29, 0.717) is 5.56 Å². The van der Waals surface area contributed by atoms with Crippen LogP contribution in [0, 0.1) is 0 Å². The Morgan fingerprint density at radius 3 is 2.81 bits per heavy atom. The SMILES string of the molecule is CS(=O)(=O)CC(=O)Nc1[nH]ncc1C(N)=S. The molecule has 0 saturated carbocycles. The first-order chi connectivity index (χ1) is 7.29. The highest BCUT2D eigenvalue weighted by molar-refractivity contribution is 7.91. The number of aromatic nitrogens is 2. The molecule has 1 aromatic rings. The van der Waals surface area contributed by atoms with Gasteiger partial charge in [-0.15, -0.1) is 0 Å². The van der Waals surface area contributed by atoms with Gasteiger partial charge in [-0.05, 0) is 0 Å². The van der Waals surface area contributed by atoms with Crippen LogP contribution < -0.4 is 11.1 Å². The van der Waals surface area contributed by atoms with Crippen LogP contribution in [0.1, 0.15) is 5.56 Å². The Hall–Kier alpha value is -1.48. The molecule has 0 atom stereocenters. The molecule has 0 radical (unpaired) electrons. The van der Waals surface area contributed by atoms with Gasteiger partial charge in [-0.1, -0.05) is 12.2 Å². The number of amides is 1.